The third-order valence-corrected chi connectivity index (χ3v) is 10.4. The van der Waals surface area contributed by atoms with Crippen LogP contribution in [0.2, 0.25) is 0 Å². The molecule has 6 nitrogen and oxygen atoms in total. The Balaban J connectivity index is 0.000000602. The summed E-state index contributed by atoms with van der Waals surface area (Å²) in [7, 11) is -5.34. The molecule has 0 amide bonds. The predicted octanol–water partition coefficient (Wildman–Crippen LogP) is 5.83. The van der Waals surface area contributed by atoms with E-state index in [1.54, 1.807) is 0 Å². The van der Waals surface area contributed by atoms with Crippen LogP contribution in [0.5, 0.6) is 0 Å². The molecule has 0 atom stereocenters. The van der Waals surface area contributed by atoms with Crippen molar-refractivity contribution in [3.63, 3.8) is 0 Å². The Labute approximate surface area is 215 Å². The minimum Gasteiger partial charge on any atom is 0 e. The minimum atomic E-state index is -2.67. The zero-order valence-electron chi connectivity index (χ0n) is 20.8. The predicted molar refractivity (Wildman–Crippen MR) is 139 cm³/mol. The Hall–Kier alpha value is -0.278. The molecule has 33 heavy (non-hydrogen) atoms. The van der Waals surface area contributed by atoms with Crippen LogP contribution in [-0.4, -0.2) is 39.6 Å². The maximum atomic E-state index is 5.79. The van der Waals surface area contributed by atoms with Crippen LogP contribution in [0.25, 0.3) is 0 Å². The first-order valence-corrected chi connectivity index (χ1v) is 15.0. The van der Waals surface area contributed by atoms with Crippen LogP contribution < -0.4 is 10.6 Å². The fourth-order valence-corrected chi connectivity index (χ4v) is 8.16. The first kappa shape index (κ1) is 32.7. The monoisotopic (exact) mass is 594 g/mol. The normalized spacial score (nSPS) is 12.3. The van der Waals surface area contributed by atoms with Gasteiger partial charge in [0.05, 0.1) is 0 Å². The summed E-state index contributed by atoms with van der Waals surface area (Å²) in [6.07, 6.45) is 0. The Kier molecular flexibility index (Phi) is 18.8. The van der Waals surface area contributed by atoms with Gasteiger partial charge in [-0.05, 0) is 0 Å². The summed E-state index contributed by atoms with van der Waals surface area (Å²) in [5.74, 6) is 0. The van der Waals surface area contributed by atoms with Gasteiger partial charge in [0.15, 0.2) is 0 Å². The Morgan fingerprint density at radius 3 is 0.818 bits per heavy atom. The third-order valence-electron chi connectivity index (χ3n) is 4.26. The van der Waals surface area contributed by atoms with Crippen molar-refractivity contribution in [1.29, 1.82) is 0 Å². The van der Waals surface area contributed by atoms with Gasteiger partial charge in [-0.25, -0.2) is 0 Å². The summed E-state index contributed by atoms with van der Waals surface area (Å²) in [5, 5.41) is 2.06. The summed E-state index contributed by atoms with van der Waals surface area (Å²) >= 11 is 0. The van der Waals surface area contributed by atoms with Gasteiger partial charge < -0.3 is 0 Å². The van der Waals surface area contributed by atoms with Crippen molar-refractivity contribution in [3.8, 4) is 0 Å². The molecule has 0 aliphatic rings. The minimum absolute atomic E-state index is 0. The van der Waals surface area contributed by atoms with E-state index in [-0.39, 0.29) is 20.4 Å². The Morgan fingerprint density at radius 1 is 0.424 bits per heavy atom. The van der Waals surface area contributed by atoms with E-state index in [1.165, 1.54) is 0 Å². The second kappa shape index (κ2) is 19.0. The molecule has 2 rings (SSSR count). The molecule has 0 bridgehead atoms. The van der Waals surface area contributed by atoms with Crippen LogP contribution in [0.15, 0.2) is 60.7 Å². The van der Waals surface area contributed by atoms with E-state index in [9.17, 15) is 0 Å². The topological polar surface area (TPSA) is 55.4 Å². The molecule has 0 unspecified atom stereocenters. The molecular formula is C24H42O6P2Pd. The van der Waals surface area contributed by atoms with Crippen molar-refractivity contribution >= 4 is 26.5 Å². The van der Waals surface area contributed by atoms with Crippen molar-refractivity contribution in [2.75, 3.05) is 39.6 Å². The molecule has 0 heterocycles. The average molecular weight is 595 g/mol. The molecule has 0 saturated heterocycles. The van der Waals surface area contributed by atoms with Gasteiger partial charge in [0.1, 0.15) is 0 Å². The molecule has 0 saturated carbocycles. The molecule has 9 heteroatoms. The van der Waals surface area contributed by atoms with E-state index < -0.39 is 15.9 Å². The van der Waals surface area contributed by atoms with Gasteiger partial charge in [-0.15, -0.1) is 0 Å². The largest absolute Gasteiger partial charge is 0 e. The van der Waals surface area contributed by atoms with E-state index in [4.69, 9.17) is 27.1 Å². The molecule has 0 spiro atoms. The molecule has 0 fully saturated rings. The molecule has 0 N–H and O–H groups in total. The van der Waals surface area contributed by atoms with E-state index in [0.717, 1.165) is 10.6 Å². The van der Waals surface area contributed by atoms with Crippen molar-refractivity contribution < 1.29 is 47.6 Å². The van der Waals surface area contributed by atoms with Crippen LogP contribution in [0.4, 0.5) is 0 Å². The first-order chi connectivity index (χ1) is 15.6. The Bertz CT molecular complexity index is 613. The second-order valence-electron chi connectivity index (χ2n) is 6.44. The maximum absolute atomic E-state index is 5.79. The molecule has 2 aromatic carbocycles. The van der Waals surface area contributed by atoms with Crippen molar-refractivity contribution in [2.24, 2.45) is 0 Å². The number of hydrogen-bond donors (Lipinski definition) is 0. The van der Waals surface area contributed by atoms with Crippen LogP contribution in [0.3, 0.4) is 0 Å². The number of hydrogen-bond acceptors (Lipinski definition) is 6. The van der Waals surface area contributed by atoms with Crippen LogP contribution in [0.1, 0.15) is 41.5 Å². The third kappa shape index (κ3) is 10.5. The van der Waals surface area contributed by atoms with Gasteiger partial charge in [-0.3, -0.25) is 0 Å². The summed E-state index contributed by atoms with van der Waals surface area (Å²) in [5.41, 5.74) is 0. The van der Waals surface area contributed by atoms with Gasteiger partial charge in [0, 0.05) is 20.4 Å². The molecule has 2 aromatic rings. The maximum Gasteiger partial charge on any atom is 0 e. The van der Waals surface area contributed by atoms with E-state index in [0.29, 0.717) is 39.6 Å². The fourth-order valence-electron chi connectivity index (χ4n) is 3.17. The number of rotatable bonds is 14. The Morgan fingerprint density at radius 2 is 0.636 bits per heavy atom. The number of benzene rings is 2. The van der Waals surface area contributed by atoms with E-state index >= 15 is 0 Å². The molecule has 0 aliphatic heterocycles. The van der Waals surface area contributed by atoms with Crippen molar-refractivity contribution in [2.45, 2.75) is 41.5 Å². The molecule has 194 valence electrons. The first-order valence-electron chi connectivity index (χ1n) is 11.5. The van der Waals surface area contributed by atoms with E-state index in [2.05, 4.69) is 0 Å². The van der Waals surface area contributed by atoms with Crippen LogP contribution >= 0.6 is 15.9 Å². The van der Waals surface area contributed by atoms with Crippen LogP contribution in [-0.2, 0) is 47.6 Å². The summed E-state index contributed by atoms with van der Waals surface area (Å²) in [4.78, 5) is 0. The second-order valence-corrected chi connectivity index (χ2v) is 11.6. The zero-order valence-corrected chi connectivity index (χ0v) is 24.3. The average Bonchev–Trinajstić information content (AvgIpc) is 2.81. The molecule has 0 aliphatic carbocycles. The molecular weight excluding hydrogens is 553 g/mol. The van der Waals surface area contributed by atoms with E-state index in [1.807, 2.05) is 102 Å². The molecule has 0 aromatic heterocycles. The fraction of sp³-hybridized carbons (Fsp3) is 0.500. The van der Waals surface area contributed by atoms with Gasteiger partial charge >= 0.3 is 195 Å². The van der Waals surface area contributed by atoms with Gasteiger partial charge in [0.25, 0.3) is 0 Å². The zero-order chi connectivity index (χ0) is 23.7. The molecule has 0 radical (unpaired) electrons. The van der Waals surface area contributed by atoms with Crippen molar-refractivity contribution in [3.05, 3.63) is 60.7 Å². The summed E-state index contributed by atoms with van der Waals surface area (Å²) < 4.78 is 34.7. The quantitative estimate of drug-likeness (QED) is 0.203. The summed E-state index contributed by atoms with van der Waals surface area (Å²) in [6, 6.07) is 19.9. The summed E-state index contributed by atoms with van der Waals surface area (Å²) in [6.45, 7) is 15.4. The standard InChI is InChI=1S/2C12H21O3P.Pd/c2*1-4-13-16(14-5-2,15-6-3)12-10-8-7-9-11-12;/h2*7-11,16H,4-6H2,1-3H3;. The van der Waals surface area contributed by atoms with Gasteiger partial charge in [-0.1, -0.05) is 0 Å². The van der Waals surface area contributed by atoms with Gasteiger partial charge in [0.2, 0.25) is 0 Å². The van der Waals surface area contributed by atoms with Crippen molar-refractivity contribution in [1.82, 2.24) is 0 Å². The smallest absolute Gasteiger partial charge is 0 e. The van der Waals surface area contributed by atoms with Gasteiger partial charge in [-0.2, -0.15) is 0 Å². The van der Waals surface area contributed by atoms with Crippen LogP contribution in [0, 0.1) is 0 Å². The SMILES string of the molecule is CCO[PH](OCC)(OCC)c1ccccc1.CCO[PH](OCC)(OCC)c1ccccc1.[Pd].